The Kier molecular flexibility index (Phi) is 8.14. The van der Waals surface area contributed by atoms with Crippen LogP contribution in [0, 0.1) is 5.41 Å². The molecule has 0 saturated carbocycles. The summed E-state index contributed by atoms with van der Waals surface area (Å²) >= 11 is 0. The first-order valence-electron chi connectivity index (χ1n) is 6.64. The quantitative estimate of drug-likeness (QED) is 0.804. The van der Waals surface area contributed by atoms with Gasteiger partial charge in [0.1, 0.15) is 0 Å². The summed E-state index contributed by atoms with van der Waals surface area (Å²) in [7, 11) is 3.21. The molecule has 0 aromatic heterocycles. The van der Waals surface area contributed by atoms with Crippen LogP contribution in [0.5, 0.6) is 11.5 Å². The lowest BCUT2D eigenvalue weighted by atomic mass is 9.92. The average Bonchev–Trinajstić information content (AvgIpc) is 2.46. The van der Waals surface area contributed by atoms with Crippen molar-refractivity contribution in [3.8, 4) is 11.5 Å². The van der Waals surface area contributed by atoms with Crippen LogP contribution in [0.15, 0.2) is 18.2 Å². The summed E-state index contributed by atoms with van der Waals surface area (Å²) in [5.74, 6) is 1.36. The van der Waals surface area contributed by atoms with Crippen molar-refractivity contribution in [3.05, 3.63) is 23.8 Å². The third-order valence-corrected chi connectivity index (χ3v) is 3.27. The first-order valence-corrected chi connectivity index (χ1v) is 6.64. The van der Waals surface area contributed by atoms with E-state index in [-0.39, 0.29) is 18.3 Å². The lowest BCUT2D eigenvalue weighted by molar-refractivity contribution is -0.128. The van der Waals surface area contributed by atoms with Crippen molar-refractivity contribution in [1.82, 2.24) is 5.32 Å². The zero-order valence-corrected chi connectivity index (χ0v) is 13.9. The normalized spacial score (nSPS) is 10.5. The molecular formula is C15H25ClN2O3. The molecule has 0 aliphatic heterocycles. The summed E-state index contributed by atoms with van der Waals surface area (Å²) in [5, 5.41) is 2.90. The van der Waals surface area contributed by atoms with Gasteiger partial charge in [-0.1, -0.05) is 6.07 Å². The fourth-order valence-corrected chi connectivity index (χ4v) is 1.69. The van der Waals surface area contributed by atoms with E-state index >= 15 is 0 Å². The molecule has 0 aliphatic carbocycles. The molecule has 0 aliphatic rings. The third kappa shape index (κ3) is 5.44. The van der Waals surface area contributed by atoms with Crippen LogP contribution in [0.25, 0.3) is 0 Å². The number of hydrogen-bond donors (Lipinski definition) is 2. The van der Waals surface area contributed by atoms with Gasteiger partial charge in [0.05, 0.1) is 19.6 Å². The van der Waals surface area contributed by atoms with E-state index in [2.05, 4.69) is 5.32 Å². The fraction of sp³-hybridized carbons (Fsp3) is 0.533. The summed E-state index contributed by atoms with van der Waals surface area (Å²) in [5.41, 5.74) is 6.12. The maximum Gasteiger partial charge on any atom is 0.226 e. The van der Waals surface area contributed by atoms with Crippen LogP contribution in [-0.2, 0) is 11.2 Å². The SMILES string of the molecule is COc1ccc(CCNC(=O)C(C)(C)CN)cc1OC.Cl. The van der Waals surface area contributed by atoms with Gasteiger partial charge in [0.25, 0.3) is 0 Å². The third-order valence-electron chi connectivity index (χ3n) is 3.27. The molecule has 3 N–H and O–H groups in total. The molecule has 0 radical (unpaired) electrons. The lowest BCUT2D eigenvalue weighted by Crippen LogP contribution is -2.42. The maximum atomic E-state index is 11.9. The first kappa shape index (κ1) is 19.5. The molecule has 1 rings (SSSR count). The van der Waals surface area contributed by atoms with Crippen molar-refractivity contribution in [2.45, 2.75) is 20.3 Å². The van der Waals surface area contributed by atoms with Crippen LogP contribution in [0.1, 0.15) is 19.4 Å². The number of benzene rings is 1. The number of methoxy groups -OCH3 is 2. The summed E-state index contributed by atoms with van der Waals surface area (Å²) < 4.78 is 10.4. The van der Waals surface area contributed by atoms with Crippen molar-refractivity contribution in [3.63, 3.8) is 0 Å². The molecule has 21 heavy (non-hydrogen) atoms. The van der Waals surface area contributed by atoms with Gasteiger partial charge in [0, 0.05) is 13.1 Å². The molecule has 5 nitrogen and oxygen atoms in total. The second-order valence-electron chi connectivity index (χ2n) is 5.28. The zero-order chi connectivity index (χ0) is 15.2. The van der Waals surface area contributed by atoms with Gasteiger partial charge in [-0.05, 0) is 38.0 Å². The largest absolute Gasteiger partial charge is 0.493 e. The first-order chi connectivity index (χ1) is 9.44. The Morgan fingerprint density at radius 1 is 1.24 bits per heavy atom. The number of amides is 1. The molecular weight excluding hydrogens is 292 g/mol. The molecule has 0 bridgehead atoms. The van der Waals surface area contributed by atoms with Gasteiger partial charge < -0.3 is 20.5 Å². The molecule has 1 amide bonds. The Balaban J connectivity index is 0.00000400. The standard InChI is InChI=1S/C15H24N2O3.ClH/c1-15(2,10-16)14(18)17-8-7-11-5-6-12(19-3)13(9-11)20-4;/h5-6,9H,7-8,10,16H2,1-4H3,(H,17,18);1H. The van der Waals surface area contributed by atoms with E-state index in [1.54, 1.807) is 14.2 Å². The van der Waals surface area contributed by atoms with E-state index in [0.29, 0.717) is 24.6 Å². The van der Waals surface area contributed by atoms with Gasteiger partial charge in [-0.2, -0.15) is 0 Å². The Hall–Kier alpha value is -1.46. The predicted molar refractivity (Wildman–Crippen MR) is 86.3 cm³/mol. The van der Waals surface area contributed by atoms with Crippen LogP contribution < -0.4 is 20.5 Å². The molecule has 120 valence electrons. The van der Waals surface area contributed by atoms with Crippen molar-refractivity contribution < 1.29 is 14.3 Å². The summed E-state index contributed by atoms with van der Waals surface area (Å²) in [6.07, 6.45) is 0.729. The number of nitrogens with one attached hydrogen (secondary N) is 1. The van der Waals surface area contributed by atoms with E-state index < -0.39 is 5.41 Å². The molecule has 0 heterocycles. The molecule has 0 spiro atoms. The molecule has 0 atom stereocenters. The number of carbonyl (C=O) groups excluding carboxylic acids is 1. The van der Waals surface area contributed by atoms with Crippen LogP contribution >= 0.6 is 12.4 Å². The van der Waals surface area contributed by atoms with E-state index in [0.717, 1.165) is 12.0 Å². The molecule has 6 heteroatoms. The minimum absolute atomic E-state index is 0. The highest BCUT2D eigenvalue weighted by atomic mass is 35.5. The fourth-order valence-electron chi connectivity index (χ4n) is 1.69. The molecule has 0 unspecified atom stereocenters. The number of rotatable bonds is 7. The Morgan fingerprint density at radius 2 is 1.86 bits per heavy atom. The zero-order valence-electron chi connectivity index (χ0n) is 13.1. The highest BCUT2D eigenvalue weighted by molar-refractivity contribution is 5.85. The van der Waals surface area contributed by atoms with Crippen LogP contribution in [0.2, 0.25) is 0 Å². The highest BCUT2D eigenvalue weighted by Gasteiger charge is 2.24. The minimum atomic E-state index is -0.530. The number of hydrogen-bond acceptors (Lipinski definition) is 4. The summed E-state index contributed by atoms with van der Waals surface area (Å²) in [6.45, 7) is 4.56. The second-order valence-corrected chi connectivity index (χ2v) is 5.28. The maximum absolute atomic E-state index is 11.9. The summed E-state index contributed by atoms with van der Waals surface area (Å²) in [4.78, 5) is 11.9. The van der Waals surface area contributed by atoms with Crippen LogP contribution in [-0.4, -0.2) is 33.2 Å². The van der Waals surface area contributed by atoms with Crippen LogP contribution in [0.3, 0.4) is 0 Å². The van der Waals surface area contributed by atoms with Crippen LogP contribution in [0.4, 0.5) is 0 Å². The van der Waals surface area contributed by atoms with Crippen molar-refractivity contribution in [2.75, 3.05) is 27.3 Å². The Morgan fingerprint density at radius 3 is 2.38 bits per heavy atom. The number of ether oxygens (including phenoxy) is 2. The van der Waals surface area contributed by atoms with Crippen molar-refractivity contribution >= 4 is 18.3 Å². The molecule has 0 saturated heterocycles. The topological polar surface area (TPSA) is 73.6 Å². The second kappa shape index (κ2) is 8.74. The average molecular weight is 317 g/mol. The van der Waals surface area contributed by atoms with Gasteiger partial charge >= 0.3 is 0 Å². The summed E-state index contributed by atoms with van der Waals surface area (Å²) in [6, 6.07) is 5.74. The van der Waals surface area contributed by atoms with E-state index in [1.165, 1.54) is 0 Å². The molecule has 0 fully saturated rings. The number of halogens is 1. The van der Waals surface area contributed by atoms with Gasteiger partial charge in [-0.15, -0.1) is 12.4 Å². The van der Waals surface area contributed by atoms with Gasteiger partial charge in [0.2, 0.25) is 5.91 Å². The lowest BCUT2D eigenvalue weighted by Gasteiger charge is -2.21. The van der Waals surface area contributed by atoms with Gasteiger partial charge in [0.15, 0.2) is 11.5 Å². The van der Waals surface area contributed by atoms with Gasteiger partial charge in [-0.25, -0.2) is 0 Å². The minimum Gasteiger partial charge on any atom is -0.493 e. The van der Waals surface area contributed by atoms with Gasteiger partial charge in [-0.3, -0.25) is 4.79 Å². The van der Waals surface area contributed by atoms with E-state index in [4.69, 9.17) is 15.2 Å². The number of nitrogens with two attached hydrogens (primary N) is 1. The predicted octanol–water partition coefficient (Wildman–Crippen LogP) is 1.77. The number of carbonyl (C=O) groups is 1. The smallest absolute Gasteiger partial charge is 0.226 e. The molecule has 1 aromatic rings. The van der Waals surface area contributed by atoms with E-state index in [1.807, 2.05) is 32.0 Å². The Bertz CT molecular complexity index is 464. The monoisotopic (exact) mass is 316 g/mol. The van der Waals surface area contributed by atoms with Crippen molar-refractivity contribution in [2.24, 2.45) is 11.1 Å². The molecule has 1 aromatic carbocycles. The highest BCUT2D eigenvalue weighted by Crippen LogP contribution is 2.27. The Labute approximate surface area is 132 Å². The van der Waals surface area contributed by atoms with E-state index in [9.17, 15) is 4.79 Å². The van der Waals surface area contributed by atoms with Crippen molar-refractivity contribution in [1.29, 1.82) is 0 Å².